The van der Waals surface area contributed by atoms with E-state index in [9.17, 15) is 24.3 Å². The van der Waals surface area contributed by atoms with Crippen molar-refractivity contribution in [1.82, 2.24) is 14.7 Å². The highest BCUT2D eigenvalue weighted by Crippen LogP contribution is 2.26. The van der Waals surface area contributed by atoms with Crippen molar-refractivity contribution < 1.29 is 33.8 Å². The number of ether oxygens (including phenoxy) is 2. The fourth-order valence-electron chi connectivity index (χ4n) is 6.46. The summed E-state index contributed by atoms with van der Waals surface area (Å²) < 4.78 is 10.6. The summed E-state index contributed by atoms with van der Waals surface area (Å²) in [5.74, 6) is 1.59. The van der Waals surface area contributed by atoms with Crippen LogP contribution in [-0.2, 0) is 31.9 Å². The van der Waals surface area contributed by atoms with E-state index in [1.54, 1.807) is 35.8 Å². The number of anilines is 1. The molecule has 2 N–H and O–H groups in total. The van der Waals surface area contributed by atoms with Crippen LogP contribution in [0.2, 0.25) is 0 Å². The minimum Gasteiger partial charge on any atom is -0.507 e. The first-order valence-electron chi connectivity index (χ1n) is 16.0. The summed E-state index contributed by atoms with van der Waals surface area (Å²) in [7, 11) is 1.34. The van der Waals surface area contributed by atoms with Crippen molar-refractivity contribution in [3.63, 3.8) is 0 Å². The molecule has 5 rings (SSSR count). The van der Waals surface area contributed by atoms with E-state index in [4.69, 9.17) is 9.47 Å². The van der Waals surface area contributed by atoms with Gasteiger partial charge in [0.2, 0.25) is 0 Å². The Labute approximate surface area is 274 Å². The average Bonchev–Trinajstić information content (AvgIpc) is 3.47. The number of aryl methyl sites for hydroxylation is 2. The van der Waals surface area contributed by atoms with Crippen LogP contribution < -0.4 is 5.32 Å². The maximum atomic E-state index is 13.4. The predicted octanol–water partition coefficient (Wildman–Crippen LogP) is 4.11. The van der Waals surface area contributed by atoms with Gasteiger partial charge in [0.05, 0.1) is 13.3 Å². The highest BCUT2D eigenvalue weighted by molar-refractivity contribution is 5.91. The summed E-state index contributed by atoms with van der Waals surface area (Å²) >= 11 is 0. The van der Waals surface area contributed by atoms with Gasteiger partial charge in [-0.25, -0.2) is 14.4 Å². The van der Waals surface area contributed by atoms with E-state index >= 15 is 0 Å². The van der Waals surface area contributed by atoms with E-state index < -0.39 is 24.1 Å². The quantitative estimate of drug-likeness (QED) is 0.261. The topological polar surface area (TPSA) is 141 Å². The van der Waals surface area contributed by atoms with Crippen molar-refractivity contribution in [2.45, 2.75) is 70.6 Å². The molecular formula is C35H41N5O7. The number of piperidine rings is 1. The predicted molar refractivity (Wildman–Crippen MR) is 174 cm³/mol. The summed E-state index contributed by atoms with van der Waals surface area (Å²) in [6.07, 6.45) is 3.03. The first-order chi connectivity index (χ1) is 22.6. The second kappa shape index (κ2) is 15.0. The number of benzene rings is 2. The summed E-state index contributed by atoms with van der Waals surface area (Å²) in [5, 5.41) is 13.2. The van der Waals surface area contributed by atoms with Gasteiger partial charge < -0.3 is 34.6 Å². The molecule has 12 nitrogen and oxygen atoms in total. The Bertz CT molecular complexity index is 1600. The Hall–Kier alpha value is -5.05. The first-order valence-corrected chi connectivity index (χ1v) is 16.0. The second-order valence-corrected chi connectivity index (χ2v) is 12.2. The lowest BCUT2D eigenvalue weighted by atomic mass is 10.0. The van der Waals surface area contributed by atoms with Gasteiger partial charge in [-0.2, -0.15) is 4.99 Å². The monoisotopic (exact) mass is 643 g/mol. The van der Waals surface area contributed by atoms with Crippen LogP contribution in [-0.4, -0.2) is 101 Å². The molecule has 2 fully saturated rings. The smallest absolute Gasteiger partial charge is 0.410 e. The molecule has 0 saturated carbocycles. The number of phenols is 1. The molecule has 12 heteroatoms. The number of amides is 4. The van der Waals surface area contributed by atoms with Gasteiger partial charge in [0.15, 0.2) is 6.10 Å². The summed E-state index contributed by atoms with van der Waals surface area (Å²) in [4.78, 5) is 60.7. The summed E-state index contributed by atoms with van der Waals surface area (Å²) in [6.45, 7) is 5.46. The first kappa shape index (κ1) is 33.3. The number of urea groups is 1. The number of hydrogen-bond donors (Lipinski definition) is 2. The minimum absolute atomic E-state index is 0.0374. The van der Waals surface area contributed by atoms with Crippen LogP contribution in [0.5, 0.6) is 5.75 Å². The third-order valence-corrected chi connectivity index (χ3v) is 9.02. The van der Waals surface area contributed by atoms with E-state index in [2.05, 4.69) is 21.9 Å². The van der Waals surface area contributed by atoms with Crippen LogP contribution in [0.4, 0.5) is 15.3 Å². The van der Waals surface area contributed by atoms with Crippen LogP contribution in [0.25, 0.3) is 0 Å². The van der Waals surface area contributed by atoms with E-state index in [0.29, 0.717) is 62.1 Å². The number of carbonyl (C=O) groups is 4. The zero-order valence-electron chi connectivity index (χ0n) is 27.0. The average molecular weight is 644 g/mol. The van der Waals surface area contributed by atoms with Crippen molar-refractivity contribution in [2.75, 3.05) is 38.6 Å². The van der Waals surface area contributed by atoms with Gasteiger partial charge in [-0.15, -0.1) is 0 Å². The number of phenolic OH excluding ortho intramolecular Hbond substituents is 1. The molecule has 0 radical (unpaired) electrons. The summed E-state index contributed by atoms with van der Waals surface area (Å²) in [5.41, 5.74) is 6.60. The molecule has 248 valence electrons. The second-order valence-electron chi connectivity index (χ2n) is 12.2. The summed E-state index contributed by atoms with van der Waals surface area (Å²) in [6, 6.07) is 10.7. The van der Waals surface area contributed by atoms with E-state index in [-0.39, 0.29) is 30.2 Å². The van der Waals surface area contributed by atoms with Crippen LogP contribution >= 0.6 is 0 Å². The van der Waals surface area contributed by atoms with E-state index in [0.717, 1.165) is 24.1 Å². The zero-order chi connectivity index (χ0) is 33.5. The van der Waals surface area contributed by atoms with Crippen LogP contribution in [0.1, 0.15) is 47.9 Å². The number of hydrogen-bond acceptors (Lipinski definition) is 8. The molecule has 0 bridgehead atoms. The minimum atomic E-state index is -1.25. The van der Waals surface area contributed by atoms with Crippen LogP contribution in [0, 0.1) is 13.8 Å². The molecule has 4 amide bonds. The lowest BCUT2D eigenvalue weighted by molar-refractivity contribution is -0.145. The maximum Gasteiger partial charge on any atom is 0.410 e. The molecule has 0 aliphatic carbocycles. The lowest BCUT2D eigenvalue weighted by Crippen LogP contribution is -2.50. The Kier molecular flexibility index (Phi) is 10.7. The molecule has 2 aromatic rings. The number of fused-ring (bicyclic) bond motifs is 1. The van der Waals surface area contributed by atoms with Gasteiger partial charge in [-0.1, -0.05) is 30.3 Å². The number of carbonyl (C=O) groups excluding carboxylic acids is 4. The van der Waals surface area contributed by atoms with E-state index in [1.807, 2.05) is 29.2 Å². The van der Waals surface area contributed by atoms with Crippen molar-refractivity contribution >= 4 is 35.6 Å². The lowest BCUT2D eigenvalue weighted by Gasteiger charge is -2.37. The normalized spacial score (nSPS) is 18.6. The Morgan fingerprint density at radius 3 is 2.53 bits per heavy atom. The van der Waals surface area contributed by atoms with Crippen molar-refractivity contribution in [3.8, 4) is 5.75 Å². The Morgan fingerprint density at radius 2 is 1.81 bits per heavy atom. The van der Waals surface area contributed by atoms with Crippen molar-refractivity contribution in [1.29, 1.82) is 0 Å². The van der Waals surface area contributed by atoms with Gasteiger partial charge in [-0.3, -0.25) is 4.79 Å². The van der Waals surface area contributed by atoms with Gasteiger partial charge in [0.1, 0.15) is 11.8 Å². The number of nitrogens with zero attached hydrogens (tertiary/aromatic N) is 4. The molecular weight excluding hydrogens is 602 g/mol. The Balaban J connectivity index is 1.25. The van der Waals surface area contributed by atoms with Crippen molar-refractivity contribution in [2.24, 2.45) is 4.99 Å². The van der Waals surface area contributed by atoms with Gasteiger partial charge in [-0.05, 0) is 80.0 Å². The molecule has 2 aromatic carbocycles. The highest BCUT2D eigenvalue weighted by Gasteiger charge is 2.34. The van der Waals surface area contributed by atoms with Crippen molar-refractivity contribution in [3.05, 3.63) is 70.6 Å². The standard InChI is InChI=1S/C35H41N5O7/c1-23-20-25(21-24(2)31(23)41)22-30(32(42)36-14-7-16-38-15-6-10-29(38)33(43)46-3)47-35(45)39-17-12-27(13-18-39)40-19-11-26-8-4-5-9-28(26)37-34(40)44/h4-5,8-9,16,20-21,27,29-30,41H,6,10-13,15,17-19,22H2,1-3H3,(H,37,44)/t29-,30+/m0/s1. The molecule has 47 heavy (non-hydrogen) atoms. The molecule has 3 aliphatic heterocycles. The number of nitrogens with one attached hydrogen (secondary N) is 1. The maximum absolute atomic E-state index is 13.4. The third-order valence-electron chi connectivity index (χ3n) is 9.02. The molecule has 0 aromatic heterocycles. The SMILES string of the molecule is COC(=O)[C@@H]1CCCN1C=C=C=NC(=O)[C@@H](Cc1cc(C)c(O)c(C)c1)OC(=O)N1CCC(N2CCc3ccccc3NC2=O)CC1. The molecule has 3 heterocycles. The highest BCUT2D eigenvalue weighted by atomic mass is 16.6. The van der Waals surface area contributed by atoms with E-state index in [1.165, 1.54) is 13.3 Å². The van der Waals surface area contributed by atoms with Gasteiger partial charge in [0.25, 0.3) is 5.91 Å². The third kappa shape index (κ3) is 8.03. The number of aromatic hydroxyl groups is 1. The number of methoxy groups -OCH3 is 1. The zero-order valence-corrected chi connectivity index (χ0v) is 27.0. The molecule has 2 saturated heterocycles. The van der Waals surface area contributed by atoms with Crippen LogP contribution in [0.15, 0.2) is 53.3 Å². The molecule has 2 atom stereocenters. The fourth-order valence-corrected chi connectivity index (χ4v) is 6.46. The molecule has 0 unspecified atom stereocenters. The molecule has 0 spiro atoms. The van der Waals surface area contributed by atoms with Gasteiger partial charge >= 0.3 is 18.1 Å². The van der Waals surface area contributed by atoms with Crippen LogP contribution in [0.3, 0.4) is 0 Å². The number of likely N-dealkylation sites (tertiary alicyclic amines) is 2. The molecule has 3 aliphatic rings. The number of esters is 1. The fraction of sp³-hybridized carbons (Fsp3) is 0.457. The Morgan fingerprint density at radius 1 is 1.09 bits per heavy atom. The largest absolute Gasteiger partial charge is 0.507 e. The number of para-hydroxylation sites is 1. The number of aliphatic imine (C=N–C) groups is 1. The van der Waals surface area contributed by atoms with Gasteiger partial charge in [0, 0.05) is 50.2 Å². The number of rotatable bonds is 7.